The minimum absolute atomic E-state index is 0.0626. The van der Waals surface area contributed by atoms with Crippen molar-refractivity contribution in [2.45, 2.75) is 283 Å². The molecule has 0 amide bonds. The van der Waals surface area contributed by atoms with Crippen molar-refractivity contribution >= 4 is 33.6 Å². The molecule has 16 nitrogen and oxygen atoms in total. The highest BCUT2D eigenvalue weighted by molar-refractivity contribution is 7.47. The average molecular weight is 1420 g/mol. The fraction of sp³-hybridized carbons (Fsp3) is 0.617. The molecule has 0 radical (unpaired) electrons. The zero-order valence-electron chi connectivity index (χ0n) is 61.1. The first-order valence-electron chi connectivity index (χ1n) is 37.4. The van der Waals surface area contributed by atoms with Gasteiger partial charge in [0.15, 0.2) is 6.10 Å². The highest BCUT2D eigenvalue weighted by Gasteiger charge is 2.29. The predicted molar refractivity (Wildman–Crippen MR) is 408 cm³/mol. The molecule has 0 heterocycles. The van der Waals surface area contributed by atoms with Crippen LogP contribution in [-0.2, 0) is 55.8 Å². The molecular weight excluding hydrogens is 1290 g/mol. The zero-order chi connectivity index (χ0) is 72.3. The van der Waals surface area contributed by atoms with Crippen LogP contribution >= 0.6 is 15.6 Å². The standard InChI is InChI=1S/C81H132O16P2/c1-4-7-10-13-16-19-22-25-28-31-33-34-35-36-37-38-39-40-42-45-46-49-52-55-58-61-64-67-79(84)91-70-76(82)71-93-98(87,88)94-72-77(83)73-95-99(89,90)96-75-78(97-81(86)69-66-63-60-57-54-51-48-43-30-27-24-21-18-15-12-9-6-3)74-92-80(85)68-65-62-59-56-53-50-47-44-41-32-29-26-23-20-17-14-11-8-5-2/h7-12,16-21,25-30,33-34,36-37,41,44,48,50-51,53,76-78,82-83H,4-6,13-15,22-24,31-32,35,38-40,42-43,45-47,49,52,54-75H2,1-3H3,(H,87,88)(H,89,90)/b10-7-,11-8-,12-9-,19-16-,20-17-,21-18-,28-25-,29-26-,30-27-,34-33-,37-36-,44-41-,51-48-,53-50-. The SMILES string of the molecule is CC/C=C\C/C=C\C/C=C\C/C=C\C/C=C\CCCCCCCCCCCCCC(=O)OCC(O)COP(=O)(O)OCC(O)COP(=O)(O)OCC(COC(=O)CCCCC/C=C\C/C=C\C/C=C\C/C=C\C/C=C\CC)OC(=O)CCCCCC/C=C\C/C=C\C/C=C\C/C=C\CC. The van der Waals surface area contributed by atoms with E-state index < -0.39 is 91.5 Å². The summed E-state index contributed by atoms with van der Waals surface area (Å²) in [5, 5.41) is 20.6. The van der Waals surface area contributed by atoms with Gasteiger partial charge in [0.2, 0.25) is 0 Å². The summed E-state index contributed by atoms with van der Waals surface area (Å²) in [6.45, 7) is 2.24. The van der Waals surface area contributed by atoms with Gasteiger partial charge in [-0.25, -0.2) is 9.13 Å². The Morgan fingerprint density at radius 1 is 0.283 bits per heavy atom. The molecule has 0 aliphatic carbocycles. The number of phosphoric acid groups is 2. The topological polar surface area (TPSA) is 231 Å². The quantitative estimate of drug-likeness (QED) is 0.0146. The molecule has 4 N–H and O–H groups in total. The molecule has 0 aromatic carbocycles. The van der Waals surface area contributed by atoms with Crippen LogP contribution in [-0.4, -0.2) is 95.9 Å². The monoisotopic (exact) mass is 1420 g/mol. The molecule has 5 unspecified atom stereocenters. The molecule has 5 atom stereocenters. The first-order valence-corrected chi connectivity index (χ1v) is 40.4. The van der Waals surface area contributed by atoms with E-state index in [1.165, 1.54) is 38.5 Å². The van der Waals surface area contributed by atoms with Gasteiger partial charge < -0.3 is 34.2 Å². The minimum atomic E-state index is -4.95. The third-order valence-electron chi connectivity index (χ3n) is 14.9. The average Bonchev–Trinajstić information content (AvgIpc) is 2.62. The Balaban J connectivity index is 4.65. The van der Waals surface area contributed by atoms with Crippen molar-refractivity contribution in [1.29, 1.82) is 0 Å². The lowest BCUT2D eigenvalue weighted by atomic mass is 10.0. The molecule has 18 heteroatoms. The van der Waals surface area contributed by atoms with Crippen molar-refractivity contribution in [3.63, 3.8) is 0 Å². The molecule has 0 aromatic heterocycles. The number of ether oxygens (including phenoxy) is 3. The smallest absolute Gasteiger partial charge is 0.463 e. The highest BCUT2D eigenvalue weighted by Crippen LogP contribution is 2.45. The van der Waals surface area contributed by atoms with Gasteiger partial charge in [0.05, 0.1) is 26.4 Å². The van der Waals surface area contributed by atoms with Crippen LogP contribution in [0.15, 0.2) is 170 Å². The summed E-state index contributed by atoms with van der Waals surface area (Å²) in [4.78, 5) is 58.6. The van der Waals surface area contributed by atoms with E-state index in [1.54, 1.807) is 0 Å². The summed E-state index contributed by atoms with van der Waals surface area (Å²) in [7, 11) is -9.82. The molecular formula is C81H132O16P2. The second kappa shape index (κ2) is 72.7. The van der Waals surface area contributed by atoms with Crippen molar-refractivity contribution in [2.75, 3.05) is 39.6 Å². The largest absolute Gasteiger partial charge is 0.472 e. The van der Waals surface area contributed by atoms with Crippen molar-refractivity contribution < 1.29 is 75.8 Å². The van der Waals surface area contributed by atoms with E-state index in [0.717, 1.165) is 167 Å². The van der Waals surface area contributed by atoms with E-state index in [0.29, 0.717) is 19.3 Å². The molecule has 0 rings (SSSR count). The molecule has 0 fully saturated rings. The molecule has 0 saturated carbocycles. The van der Waals surface area contributed by atoms with Crippen molar-refractivity contribution in [3.8, 4) is 0 Å². The second-order valence-electron chi connectivity index (χ2n) is 24.3. The third kappa shape index (κ3) is 73.9. The lowest BCUT2D eigenvalue weighted by Crippen LogP contribution is -2.30. The minimum Gasteiger partial charge on any atom is -0.463 e. The van der Waals surface area contributed by atoms with E-state index in [2.05, 4.69) is 191 Å². The maximum atomic E-state index is 13.0. The maximum Gasteiger partial charge on any atom is 0.472 e. The molecule has 0 aromatic rings. The van der Waals surface area contributed by atoms with Crippen LogP contribution in [0.5, 0.6) is 0 Å². The number of rotatable bonds is 69. The molecule has 0 spiro atoms. The molecule has 99 heavy (non-hydrogen) atoms. The van der Waals surface area contributed by atoms with Gasteiger partial charge in [0.25, 0.3) is 0 Å². The number of esters is 3. The van der Waals surface area contributed by atoms with Crippen LogP contribution in [0.2, 0.25) is 0 Å². The number of aliphatic hydroxyl groups is 2. The number of aliphatic hydroxyl groups excluding tert-OH is 2. The van der Waals surface area contributed by atoms with Gasteiger partial charge in [-0.15, -0.1) is 0 Å². The number of phosphoric ester groups is 2. The number of carbonyl (C=O) groups excluding carboxylic acids is 3. The molecule has 0 saturated heterocycles. The van der Waals surface area contributed by atoms with Crippen molar-refractivity contribution in [2.24, 2.45) is 0 Å². The normalized spacial score (nSPS) is 15.0. The van der Waals surface area contributed by atoms with Gasteiger partial charge in [0.1, 0.15) is 25.4 Å². The molecule has 0 aliphatic rings. The van der Waals surface area contributed by atoms with E-state index in [9.17, 15) is 43.5 Å². The number of carbonyl (C=O) groups is 3. The summed E-state index contributed by atoms with van der Waals surface area (Å²) in [6.07, 6.45) is 91.1. The van der Waals surface area contributed by atoms with Crippen LogP contribution in [0.1, 0.15) is 265 Å². The summed E-state index contributed by atoms with van der Waals surface area (Å²) < 4.78 is 61.0. The van der Waals surface area contributed by atoms with E-state index in [-0.39, 0.29) is 19.3 Å². The third-order valence-corrected chi connectivity index (χ3v) is 16.8. The predicted octanol–water partition coefficient (Wildman–Crippen LogP) is 21.6. The van der Waals surface area contributed by atoms with Gasteiger partial charge in [-0.1, -0.05) is 268 Å². The van der Waals surface area contributed by atoms with Crippen LogP contribution in [0.3, 0.4) is 0 Å². The van der Waals surface area contributed by atoms with Crippen LogP contribution in [0, 0.1) is 0 Å². The van der Waals surface area contributed by atoms with E-state index >= 15 is 0 Å². The Morgan fingerprint density at radius 3 is 0.808 bits per heavy atom. The highest BCUT2D eigenvalue weighted by atomic mass is 31.2. The Kier molecular flexibility index (Phi) is 69.0. The first kappa shape index (κ1) is 93.9. The van der Waals surface area contributed by atoms with Gasteiger partial charge >= 0.3 is 33.6 Å². The fourth-order valence-corrected chi connectivity index (χ4v) is 10.9. The van der Waals surface area contributed by atoms with Gasteiger partial charge in [-0.3, -0.25) is 32.5 Å². The summed E-state index contributed by atoms with van der Waals surface area (Å²) in [6, 6.07) is 0. The molecule has 0 bridgehead atoms. The lowest BCUT2D eigenvalue weighted by Gasteiger charge is -2.21. The molecule has 0 aliphatic heterocycles. The Hall–Kier alpha value is -5.09. The Bertz CT molecular complexity index is 2480. The Morgan fingerprint density at radius 2 is 0.505 bits per heavy atom. The van der Waals surface area contributed by atoms with E-state index in [1.807, 2.05) is 0 Å². The van der Waals surface area contributed by atoms with Gasteiger partial charge in [-0.05, 0) is 148 Å². The molecule has 562 valence electrons. The van der Waals surface area contributed by atoms with Crippen LogP contribution in [0.4, 0.5) is 0 Å². The fourth-order valence-electron chi connectivity index (χ4n) is 9.32. The van der Waals surface area contributed by atoms with Crippen LogP contribution < -0.4 is 0 Å². The van der Waals surface area contributed by atoms with E-state index in [4.69, 9.17) is 32.3 Å². The van der Waals surface area contributed by atoms with Crippen LogP contribution in [0.25, 0.3) is 0 Å². The first-order chi connectivity index (χ1) is 48.2. The second-order valence-corrected chi connectivity index (χ2v) is 27.2. The number of unbranched alkanes of at least 4 members (excludes halogenated alkanes) is 18. The summed E-state index contributed by atoms with van der Waals surface area (Å²) in [5.41, 5.74) is 0. The van der Waals surface area contributed by atoms with Crippen molar-refractivity contribution in [3.05, 3.63) is 170 Å². The Labute approximate surface area is 599 Å². The zero-order valence-corrected chi connectivity index (χ0v) is 62.9. The maximum absolute atomic E-state index is 13.0. The van der Waals surface area contributed by atoms with Gasteiger partial charge in [0, 0.05) is 19.3 Å². The lowest BCUT2D eigenvalue weighted by molar-refractivity contribution is -0.161. The number of hydrogen-bond donors (Lipinski definition) is 4. The number of allylic oxidation sites excluding steroid dienone is 28. The van der Waals surface area contributed by atoms with Gasteiger partial charge in [-0.2, -0.15) is 0 Å². The summed E-state index contributed by atoms with van der Waals surface area (Å²) >= 11 is 0. The number of hydrogen-bond acceptors (Lipinski definition) is 14. The summed E-state index contributed by atoms with van der Waals surface area (Å²) in [5.74, 6) is -1.65. The van der Waals surface area contributed by atoms with Crippen molar-refractivity contribution in [1.82, 2.24) is 0 Å².